The number of nitrogens with two attached hydrogens (primary N) is 1. The molecule has 0 aliphatic rings. The van der Waals surface area contributed by atoms with E-state index < -0.39 is 5.82 Å². The predicted molar refractivity (Wildman–Crippen MR) is 102 cm³/mol. The third-order valence-electron chi connectivity index (χ3n) is 3.54. The van der Waals surface area contributed by atoms with Gasteiger partial charge in [-0.15, -0.1) is 0 Å². The number of methoxy groups -OCH3 is 1. The summed E-state index contributed by atoms with van der Waals surface area (Å²) in [5, 5.41) is 6.00. The van der Waals surface area contributed by atoms with Crippen molar-refractivity contribution in [1.82, 2.24) is 5.32 Å². The number of carbonyl (C=O) groups excluding carboxylic acids is 1. The smallest absolute Gasteiger partial charge is 0.251 e. The predicted octanol–water partition coefficient (Wildman–Crippen LogP) is 2.95. The number of guanidine groups is 1. The van der Waals surface area contributed by atoms with Crippen LogP contribution in [0.3, 0.4) is 0 Å². The van der Waals surface area contributed by atoms with E-state index in [9.17, 15) is 9.18 Å². The van der Waals surface area contributed by atoms with Crippen LogP contribution in [0.15, 0.2) is 41.4 Å². The van der Waals surface area contributed by atoms with Gasteiger partial charge in [-0.25, -0.2) is 4.39 Å². The highest BCUT2D eigenvalue weighted by Gasteiger charge is 2.07. The Kier molecular flexibility index (Phi) is 6.80. The van der Waals surface area contributed by atoms with Crippen LogP contribution in [0.4, 0.5) is 10.1 Å². The Bertz CT molecular complexity index is 827. The number of aliphatic imine (C=N–C) groups is 1. The van der Waals surface area contributed by atoms with Gasteiger partial charge in [0.25, 0.3) is 5.91 Å². The normalized spacial score (nSPS) is 11.2. The second-order valence-electron chi connectivity index (χ2n) is 5.46. The van der Waals surface area contributed by atoms with Crippen molar-refractivity contribution in [2.75, 3.05) is 25.5 Å². The molecule has 138 valence electrons. The van der Waals surface area contributed by atoms with E-state index in [0.29, 0.717) is 22.0 Å². The van der Waals surface area contributed by atoms with Crippen LogP contribution in [-0.2, 0) is 0 Å². The number of anilines is 1. The lowest BCUT2D eigenvalue weighted by atomic mass is 10.1. The summed E-state index contributed by atoms with van der Waals surface area (Å²) < 4.78 is 18.5. The van der Waals surface area contributed by atoms with Crippen molar-refractivity contribution >= 4 is 29.2 Å². The lowest BCUT2D eigenvalue weighted by molar-refractivity contribution is 0.0954. The van der Waals surface area contributed by atoms with Crippen LogP contribution in [0.5, 0.6) is 5.75 Å². The molecule has 0 aliphatic heterocycles. The molecule has 1 amide bonds. The van der Waals surface area contributed by atoms with Gasteiger partial charge >= 0.3 is 0 Å². The monoisotopic (exact) mass is 378 g/mol. The molecule has 0 spiro atoms. The molecule has 0 saturated heterocycles. The first kappa shape index (κ1) is 19.5. The van der Waals surface area contributed by atoms with Gasteiger partial charge in [-0.2, -0.15) is 0 Å². The minimum atomic E-state index is -0.415. The fraction of sp³-hybridized carbons (Fsp3) is 0.222. The van der Waals surface area contributed by atoms with Gasteiger partial charge in [0, 0.05) is 17.8 Å². The van der Waals surface area contributed by atoms with Gasteiger partial charge in [0.15, 0.2) is 5.96 Å². The van der Waals surface area contributed by atoms with Gasteiger partial charge in [-0.05, 0) is 42.8 Å². The number of amides is 1. The van der Waals surface area contributed by atoms with Gasteiger partial charge in [0.05, 0.1) is 18.7 Å². The molecule has 2 aromatic rings. The zero-order chi connectivity index (χ0) is 19.1. The number of hydrogen-bond donors (Lipinski definition) is 3. The van der Waals surface area contributed by atoms with Crippen molar-refractivity contribution in [1.29, 1.82) is 0 Å². The topological polar surface area (TPSA) is 88.7 Å². The highest BCUT2D eigenvalue weighted by atomic mass is 35.5. The van der Waals surface area contributed by atoms with Crippen LogP contribution in [0.1, 0.15) is 15.9 Å². The summed E-state index contributed by atoms with van der Waals surface area (Å²) in [6.07, 6.45) is 0. The standard InChI is InChI=1S/C18H20ClFN4O2/c1-11-3-4-12(9-15(11)20)17(25)22-7-8-23-18(21)24-13-5-6-16(26-2)14(19)10-13/h3-6,9-10H,7-8H2,1-2H3,(H,22,25)(H3,21,23,24). The molecule has 0 bridgehead atoms. The molecule has 6 nitrogen and oxygen atoms in total. The van der Waals surface area contributed by atoms with Crippen LogP contribution >= 0.6 is 11.6 Å². The first-order valence-electron chi connectivity index (χ1n) is 7.85. The Morgan fingerprint density at radius 1 is 1.31 bits per heavy atom. The fourth-order valence-electron chi connectivity index (χ4n) is 2.11. The van der Waals surface area contributed by atoms with Crippen LogP contribution in [0.2, 0.25) is 5.02 Å². The van der Waals surface area contributed by atoms with Crippen molar-refractivity contribution in [3.8, 4) is 5.75 Å². The quantitative estimate of drug-likeness (QED) is 0.409. The Hall–Kier alpha value is -2.80. The molecule has 0 aliphatic carbocycles. The minimum Gasteiger partial charge on any atom is -0.495 e. The number of rotatable bonds is 6. The summed E-state index contributed by atoms with van der Waals surface area (Å²) >= 11 is 6.03. The number of halogens is 2. The van der Waals surface area contributed by atoms with Gasteiger partial charge in [0.2, 0.25) is 0 Å². The molecule has 0 fully saturated rings. The highest BCUT2D eigenvalue weighted by Crippen LogP contribution is 2.26. The van der Waals surface area contributed by atoms with E-state index in [-0.39, 0.29) is 30.5 Å². The first-order chi connectivity index (χ1) is 12.4. The van der Waals surface area contributed by atoms with E-state index in [1.165, 1.54) is 13.2 Å². The number of carbonyl (C=O) groups is 1. The van der Waals surface area contributed by atoms with E-state index in [4.69, 9.17) is 22.1 Å². The maximum Gasteiger partial charge on any atom is 0.251 e. The van der Waals surface area contributed by atoms with Gasteiger partial charge in [0.1, 0.15) is 11.6 Å². The lowest BCUT2D eigenvalue weighted by Gasteiger charge is -2.09. The Labute approximate surface area is 156 Å². The fourth-order valence-corrected chi connectivity index (χ4v) is 2.37. The SMILES string of the molecule is COc1ccc(NC(N)=NCCNC(=O)c2ccc(C)c(F)c2)cc1Cl. The van der Waals surface area contributed by atoms with Crippen molar-refractivity contribution in [2.45, 2.75) is 6.92 Å². The molecule has 4 N–H and O–H groups in total. The third-order valence-corrected chi connectivity index (χ3v) is 3.83. The summed E-state index contributed by atoms with van der Waals surface area (Å²) in [6.45, 7) is 2.17. The van der Waals surface area contributed by atoms with Crippen LogP contribution in [0, 0.1) is 12.7 Å². The van der Waals surface area contributed by atoms with E-state index in [2.05, 4.69) is 15.6 Å². The number of aryl methyl sites for hydroxylation is 1. The second kappa shape index (κ2) is 9.05. The second-order valence-corrected chi connectivity index (χ2v) is 5.87. The van der Waals surface area contributed by atoms with Crippen molar-refractivity contribution < 1.29 is 13.9 Å². The highest BCUT2D eigenvalue weighted by molar-refractivity contribution is 6.32. The first-order valence-corrected chi connectivity index (χ1v) is 8.23. The Balaban J connectivity index is 1.82. The summed E-state index contributed by atoms with van der Waals surface area (Å²) in [5.74, 6) is -0.0420. The Morgan fingerprint density at radius 3 is 2.73 bits per heavy atom. The van der Waals surface area contributed by atoms with Crippen molar-refractivity contribution in [3.05, 3.63) is 58.4 Å². The molecule has 2 aromatic carbocycles. The Morgan fingerprint density at radius 2 is 2.08 bits per heavy atom. The van der Waals surface area contributed by atoms with Crippen molar-refractivity contribution in [3.63, 3.8) is 0 Å². The molecule has 0 aromatic heterocycles. The molecule has 8 heteroatoms. The number of ether oxygens (including phenoxy) is 1. The van der Waals surface area contributed by atoms with E-state index in [1.807, 2.05) is 0 Å². The van der Waals surface area contributed by atoms with E-state index >= 15 is 0 Å². The van der Waals surface area contributed by atoms with Crippen LogP contribution < -0.4 is 21.1 Å². The van der Waals surface area contributed by atoms with Crippen LogP contribution in [0.25, 0.3) is 0 Å². The molecular formula is C18H20ClFN4O2. The summed E-state index contributed by atoms with van der Waals surface area (Å²) in [7, 11) is 1.53. The average molecular weight is 379 g/mol. The summed E-state index contributed by atoms with van der Waals surface area (Å²) in [4.78, 5) is 16.1. The average Bonchev–Trinajstić information content (AvgIpc) is 2.61. The lowest BCUT2D eigenvalue weighted by Crippen LogP contribution is -2.28. The third kappa shape index (κ3) is 5.35. The van der Waals surface area contributed by atoms with Crippen LogP contribution in [-0.4, -0.2) is 32.1 Å². The van der Waals surface area contributed by atoms with E-state index in [0.717, 1.165) is 0 Å². The number of hydrogen-bond acceptors (Lipinski definition) is 3. The molecule has 2 rings (SSSR count). The zero-order valence-electron chi connectivity index (χ0n) is 14.5. The molecule has 0 saturated carbocycles. The zero-order valence-corrected chi connectivity index (χ0v) is 15.2. The molecule has 0 heterocycles. The molecule has 0 radical (unpaired) electrons. The summed E-state index contributed by atoms with van der Waals surface area (Å²) in [5.41, 5.74) is 7.21. The maximum absolute atomic E-state index is 13.5. The summed E-state index contributed by atoms with van der Waals surface area (Å²) in [6, 6.07) is 9.46. The molecular weight excluding hydrogens is 359 g/mol. The van der Waals surface area contributed by atoms with Crippen molar-refractivity contribution in [2.24, 2.45) is 10.7 Å². The maximum atomic E-state index is 13.5. The van der Waals surface area contributed by atoms with Gasteiger partial charge < -0.3 is 21.1 Å². The molecule has 26 heavy (non-hydrogen) atoms. The molecule has 0 atom stereocenters. The van der Waals surface area contributed by atoms with Gasteiger partial charge in [-0.1, -0.05) is 17.7 Å². The largest absolute Gasteiger partial charge is 0.495 e. The number of nitrogens with one attached hydrogen (secondary N) is 2. The van der Waals surface area contributed by atoms with Gasteiger partial charge in [-0.3, -0.25) is 9.79 Å². The minimum absolute atomic E-state index is 0.182. The number of nitrogens with zero attached hydrogens (tertiary/aromatic N) is 1. The number of benzene rings is 2. The van der Waals surface area contributed by atoms with E-state index in [1.54, 1.807) is 37.3 Å². The molecule has 0 unspecified atom stereocenters.